The molecular formula is C31H40N2O9. The van der Waals surface area contributed by atoms with Gasteiger partial charge in [0.15, 0.2) is 23.7 Å². The summed E-state index contributed by atoms with van der Waals surface area (Å²) in [5.74, 6) is -0.00851. The van der Waals surface area contributed by atoms with Crippen LogP contribution in [0.4, 0.5) is 4.79 Å². The SMILES string of the molecule is COc1ccc2c3c1O[C@H]1C(OC(=O)[C@H](C)OC(=O)[C@@H]4CCCN4C(=O)OC(C)(C)C)=CC[C@@]4(O)[C@H](C2)N(C)CC[C@]314. The maximum Gasteiger partial charge on any atom is 0.411 e. The molecule has 1 aromatic carbocycles. The summed E-state index contributed by atoms with van der Waals surface area (Å²) in [4.78, 5) is 42.6. The van der Waals surface area contributed by atoms with Gasteiger partial charge in [-0.15, -0.1) is 0 Å². The lowest BCUT2D eigenvalue weighted by atomic mass is 9.50. The molecule has 0 aromatic heterocycles. The maximum atomic E-state index is 13.3. The van der Waals surface area contributed by atoms with Crippen molar-refractivity contribution in [2.75, 3.05) is 27.2 Å². The minimum atomic E-state index is -1.23. The van der Waals surface area contributed by atoms with E-state index in [1.807, 2.05) is 19.2 Å². The van der Waals surface area contributed by atoms with Gasteiger partial charge in [0.05, 0.1) is 18.1 Å². The van der Waals surface area contributed by atoms with Crippen LogP contribution in [0.1, 0.15) is 64.5 Å². The van der Waals surface area contributed by atoms with Crippen molar-refractivity contribution in [3.63, 3.8) is 0 Å². The third-order valence-electron chi connectivity index (χ3n) is 9.55. The van der Waals surface area contributed by atoms with Gasteiger partial charge in [-0.3, -0.25) is 4.90 Å². The van der Waals surface area contributed by atoms with E-state index in [0.29, 0.717) is 49.5 Å². The number of carbonyl (C=O) groups excluding carboxylic acids is 3. The summed E-state index contributed by atoms with van der Waals surface area (Å²) in [5.41, 5.74) is -0.622. The maximum absolute atomic E-state index is 13.3. The number of esters is 2. The minimum Gasteiger partial charge on any atom is -0.493 e. The standard InChI is InChI=1S/C31H40N2O9/c1-17(39-27(35)19-8-7-14-33(19)28(36)42-29(2,3)4)26(34)40-21-11-12-31(37)22-16-18-9-10-20(38-6)24-23(18)30(31,25(21)41-24)13-15-32(22)5/h9-11,17,19,22,25,37H,7-8,12-16H2,1-6H3/t17-,19-,22-,25-,30-,31+/m0/s1. The van der Waals surface area contributed by atoms with Crippen LogP contribution in [0.15, 0.2) is 24.0 Å². The quantitative estimate of drug-likeness (QED) is 0.408. The van der Waals surface area contributed by atoms with Crippen molar-refractivity contribution in [2.45, 2.75) is 101 Å². The number of piperidine rings is 1. The van der Waals surface area contributed by atoms with Gasteiger partial charge < -0.3 is 33.7 Å². The van der Waals surface area contributed by atoms with E-state index in [0.717, 1.165) is 17.7 Å². The average molecular weight is 585 g/mol. The van der Waals surface area contributed by atoms with Crippen LogP contribution in [0.2, 0.25) is 0 Å². The summed E-state index contributed by atoms with van der Waals surface area (Å²) in [6.07, 6.45) is 1.76. The number of hydrogen-bond acceptors (Lipinski definition) is 10. The van der Waals surface area contributed by atoms with Gasteiger partial charge in [0, 0.05) is 24.6 Å². The summed E-state index contributed by atoms with van der Waals surface area (Å²) < 4.78 is 29.0. The van der Waals surface area contributed by atoms with E-state index in [9.17, 15) is 19.5 Å². The Morgan fingerprint density at radius 2 is 1.95 bits per heavy atom. The molecule has 3 aliphatic heterocycles. The van der Waals surface area contributed by atoms with Gasteiger partial charge in [0.2, 0.25) is 0 Å². The molecule has 5 aliphatic rings. The zero-order valence-corrected chi connectivity index (χ0v) is 25.1. The van der Waals surface area contributed by atoms with Crippen LogP contribution in [-0.2, 0) is 35.6 Å². The first-order chi connectivity index (χ1) is 19.8. The fourth-order valence-corrected chi connectivity index (χ4v) is 7.64. The Morgan fingerprint density at radius 3 is 2.67 bits per heavy atom. The van der Waals surface area contributed by atoms with Gasteiger partial charge in [-0.05, 0) is 84.7 Å². The predicted octanol–water partition coefficient (Wildman–Crippen LogP) is 2.85. The van der Waals surface area contributed by atoms with Crippen LogP contribution < -0.4 is 9.47 Å². The second kappa shape index (κ2) is 9.87. The Labute approximate surface area is 245 Å². The van der Waals surface area contributed by atoms with Gasteiger partial charge >= 0.3 is 18.0 Å². The Balaban J connectivity index is 1.21. The number of amides is 1. The molecule has 42 heavy (non-hydrogen) atoms. The van der Waals surface area contributed by atoms with E-state index in [1.54, 1.807) is 34.0 Å². The summed E-state index contributed by atoms with van der Waals surface area (Å²) in [6, 6.07) is 2.95. The van der Waals surface area contributed by atoms with E-state index in [-0.39, 0.29) is 12.5 Å². The van der Waals surface area contributed by atoms with Gasteiger partial charge in [-0.25, -0.2) is 14.4 Å². The molecule has 2 fully saturated rings. The molecule has 1 spiro atoms. The molecule has 6 rings (SSSR count). The highest BCUT2D eigenvalue weighted by atomic mass is 16.6. The molecule has 6 atom stereocenters. The van der Waals surface area contributed by atoms with E-state index in [1.165, 1.54) is 11.8 Å². The molecule has 1 amide bonds. The van der Waals surface area contributed by atoms with Crippen molar-refractivity contribution in [3.8, 4) is 11.5 Å². The predicted molar refractivity (Wildman–Crippen MR) is 149 cm³/mol. The number of likely N-dealkylation sites (tertiary alicyclic amines) is 2. The van der Waals surface area contributed by atoms with Crippen LogP contribution in [0, 0.1) is 0 Å². The summed E-state index contributed by atoms with van der Waals surface area (Å²) >= 11 is 0. The number of methoxy groups -OCH3 is 1. The van der Waals surface area contributed by atoms with Crippen molar-refractivity contribution < 1.29 is 43.2 Å². The molecule has 11 heteroatoms. The molecule has 3 heterocycles. The topological polar surface area (TPSA) is 124 Å². The molecule has 0 unspecified atom stereocenters. The number of hydrogen-bond donors (Lipinski definition) is 1. The normalized spacial score (nSPS) is 31.8. The van der Waals surface area contributed by atoms with E-state index >= 15 is 0 Å². The molecule has 2 saturated heterocycles. The minimum absolute atomic E-state index is 0.128. The second-order valence-electron chi connectivity index (χ2n) is 13.1. The number of rotatable bonds is 5. The Morgan fingerprint density at radius 1 is 1.19 bits per heavy atom. The first-order valence-electron chi connectivity index (χ1n) is 14.7. The molecule has 11 nitrogen and oxygen atoms in total. The number of aliphatic hydroxyl groups is 1. The number of nitrogens with zero attached hydrogens (tertiary/aromatic N) is 2. The molecule has 1 N–H and O–H groups in total. The molecule has 0 radical (unpaired) electrons. The Hall–Kier alpha value is -3.31. The third kappa shape index (κ3) is 4.18. The zero-order valence-electron chi connectivity index (χ0n) is 25.1. The van der Waals surface area contributed by atoms with Crippen molar-refractivity contribution in [1.82, 2.24) is 9.80 Å². The lowest BCUT2D eigenvalue weighted by Crippen LogP contribution is -2.74. The van der Waals surface area contributed by atoms with Gasteiger partial charge in [0.25, 0.3) is 0 Å². The highest BCUT2D eigenvalue weighted by Gasteiger charge is 2.72. The van der Waals surface area contributed by atoms with E-state index < -0.39 is 52.9 Å². The van der Waals surface area contributed by atoms with E-state index in [4.69, 9.17) is 23.7 Å². The fourth-order valence-electron chi connectivity index (χ4n) is 7.64. The van der Waals surface area contributed by atoms with Crippen molar-refractivity contribution in [2.24, 2.45) is 0 Å². The number of benzene rings is 1. The van der Waals surface area contributed by atoms with Crippen molar-refractivity contribution in [3.05, 3.63) is 35.1 Å². The third-order valence-corrected chi connectivity index (χ3v) is 9.55. The first-order valence-corrected chi connectivity index (χ1v) is 14.7. The summed E-state index contributed by atoms with van der Waals surface area (Å²) in [6.45, 7) is 7.84. The largest absolute Gasteiger partial charge is 0.493 e. The van der Waals surface area contributed by atoms with Crippen LogP contribution >= 0.6 is 0 Å². The Bertz CT molecular complexity index is 1350. The number of carbonyl (C=O) groups is 3. The molecular weight excluding hydrogens is 544 g/mol. The highest BCUT2D eigenvalue weighted by molar-refractivity contribution is 5.85. The molecule has 2 bridgehead atoms. The molecule has 0 saturated carbocycles. The number of ether oxygens (including phenoxy) is 5. The fraction of sp³-hybridized carbons (Fsp3) is 0.645. The first kappa shape index (κ1) is 28.8. The molecule has 1 aromatic rings. The van der Waals surface area contributed by atoms with Crippen molar-refractivity contribution >= 4 is 18.0 Å². The smallest absolute Gasteiger partial charge is 0.411 e. The van der Waals surface area contributed by atoms with Crippen LogP contribution in [0.25, 0.3) is 0 Å². The summed E-state index contributed by atoms with van der Waals surface area (Å²) in [7, 11) is 3.61. The van der Waals surface area contributed by atoms with Crippen LogP contribution in [-0.4, -0.2) is 95.7 Å². The lowest BCUT2D eigenvalue weighted by molar-refractivity contribution is -0.176. The van der Waals surface area contributed by atoms with E-state index in [2.05, 4.69) is 4.90 Å². The Kier molecular flexibility index (Phi) is 6.77. The van der Waals surface area contributed by atoms with Gasteiger partial charge in [-0.2, -0.15) is 0 Å². The molecule has 228 valence electrons. The highest BCUT2D eigenvalue weighted by Crippen LogP contribution is 2.65. The van der Waals surface area contributed by atoms with Gasteiger partial charge in [-0.1, -0.05) is 6.07 Å². The van der Waals surface area contributed by atoms with Crippen LogP contribution in [0.5, 0.6) is 11.5 Å². The monoisotopic (exact) mass is 584 g/mol. The zero-order chi connectivity index (χ0) is 30.2. The summed E-state index contributed by atoms with van der Waals surface area (Å²) in [5, 5.41) is 12.3. The second-order valence-corrected chi connectivity index (χ2v) is 13.1. The van der Waals surface area contributed by atoms with Gasteiger partial charge in [0.1, 0.15) is 17.4 Å². The average Bonchev–Trinajstić information content (AvgIpc) is 3.55. The molecule has 2 aliphatic carbocycles. The van der Waals surface area contributed by atoms with Crippen LogP contribution in [0.3, 0.4) is 0 Å². The number of likely N-dealkylation sites (N-methyl/N-ethyl adjacent to an activating group) is 1. The lowest BCUT2D eigenvalue weighted by Gasteiger charge is -2.61. The van der Waals surface area contributed by atoms with Crippen molar-refractivity contribution in [1.29, 1.82) is 0 Å².